The lowest BCUT2D eigenvalue weighted by Gasteiger charge is -2.35. The molecule has 0 unspecified atom stereocenters. The molecule has 0 spiro atoms. The van der Waals surface area contributed by atoms with Gasteiger partial charge < -0.3 is 15.5 Å². The van der Waals surface area contributed by atoms with Crippen molar-refractivity contribution in [3.05, 3.63) is 54.7 Å². The summed E-state index contributed by atoms with van der Waals surface area (Å²) in [6.45, 7) is 3.53. The van der Waals surface area contributed by atoms with Crippen LogP contribution in [0.1, 0.15) is 0 Å². The molecule has 0 aliphatic carbocycles. The van der Waals surface area contributed by atoms with Crippen molar-refractivity contribution in [1.82, 2.24) is 9.88 Å². The summed E-state index contributed by atoms with van der Waals surface area (Å²) in [7, 11) is 0. The van der Waals surface area contributed by atoms with Crippen molar-refractivity contribution in [3.63, 3.8) is 0 Å². The number of benzene rings is 1. The Morgan fingerprint density at radius 3 is 2.33 bits per heavy atom. The largest absolute Gasteiger partial charge is 0.369 e. The molecule has 1 aliphatic heterocycles. The number of hydrogen-bond donors (Lipinski definition) is 1. The van der Waals surface area contributed by atoms with Crippen molar-refractivity contribution in [1.29, 1.82) is 0 Å². The van der Waals surface area contributed by atoms with Crippen molar-refractivity contribution in [2.75, 3.05) is 31.1 Å². The van der Waals surface area contributed by atoms with Gasteiger partial charge in [-0.15, -0.1) is 0 Å². The van der Waals surface area contributed by atoms with Crippen LogP contribution in [-0.2, 0) is 0 Å². The molecule has 1 aromatic heterocycles. The molecular formula is C16H19N5. The van der Waals surface area contributed by atoms with Gasteiger partial charge in [-0.3, -0.25) is 0 Å². The predicted molar refractivity (Wildman–Crippen MR) is 85.7 cm³/mol. The number of piperazine rings is 1. The van der Waals surface area contributed by atoms with Gasteiger partial charge in [0.2, 0.25) is 0 Å². The van der Waals surface area contributed by atoms with Crippen LogP contribution in [0.5, 0.6) is 0 Å². The quantitative estimate of drug-likeness (QED) is 0.674. The molecule has 2 N–H and O–H groups in total. The highest BCUT2D eigenvalue weighted by atomic mass is 15.3. The average molecular weight is 281 g/mol. The van der Waals surface area contributed by atoms with Gasteiger partial charge in [0.1, 0.15) is 5.82 Å². The first-order valence-electron chi connectivity index (χ1n) is 7.13. The van der Waals surface area contributed by atoms with E-state index < -0.39 is 0 Å². The lowest BCUT2D eigenvalue weighted by Crippen LogP contribution is -2.51. The van der Waals surface area contributed by atoms with E-state index in [1.165, 1.54) is 0 Å². The second-order valence-electron chi connectivity index (χ2n) is 4.97. The molecule has 5 heteroatoms. The minimum absolute atomic E-state index is 0.585. The number of pyridine rings is 1. The van der Waals surface area contributed by atoms with Crippen LogP contribution in [0, 0.1) is 0 Å². The molecule has 3 rings (SSSR count). The third-order valence-electron chi connectivity index (χ3n) is 3.58. The molecule has 1 aromatic carbocycles. The molecule has 1 saturated heterocycles. The summed E-state index contributed by atoms with van der Waals surface area (Å²) >= 11 is 0. The van der Waals surface area contributed by atoms with E-state index in [0.29, 0.717) is 5.96 Å². The zero-order valence-corrected chi connectivity index (χ0v) is 11.9. The van der Waals surface area contributed by atoms with Gasteiger partial charge in [0, 0.05) is 32.4 Å². The molecule has 2 heterocycles. The Balaban J connectivity index is 1.62. The summed E-state index contributed by atoms with van der Waals surface area (Å²) in [6.07, 6.45) is 1.83. The summed E-state index contributed by atoms with van der Waals surface area (Å²) < 4.78 is 0. The van der Waals surface area contributed by atoms with Crippen LogP contribution < -0.4 is 10.6 Å². The van der Waals surface area contributed by atoms with Gasteiger partial charge in [0.15, 0.2) is 5.96 Å². The maximum absolute atomic E-state index is 6.11. The maximum Gasteiger partial charge on any atom is 0.196 e. The fourth-order valence-corrected chi connectivity index (χ4v) is 2.41. The molecule has 1 aliphatic rings. The molecule has 2 aromatic rings. The number of nitrogens with zero attached hydrogens (tertiary/aromatic N) is 4. The van der Waals surface area contributed by atoms with Crippen molar-refractivity contribution < 1.29 is 0 Å². The van der Waals surface area contributed by atoms with Crippen molar-refractivity contribution in [2.45, 2.75) is 0 Å². The number of guanidine groups is 1. The summed E-state index contributed by atoms with van der Waals surface area (Å²) in [6, 6.07) is 15.8. The minimum atomic E-state index is 0.585. The summed E-state index contributed by atoms with van der Waals surface area (Å²) in [4.78, 5) is 13.2. The highest BCUT2D eigenvalue weighted by Crippen LogP contribution is 2.14. The van der Waals surface area contributed by atoms with E-state index in [0.717, 1.165) is 37.7 Å². The van der Waals surface area contributed by atoms with Gasteiger partial charge in [-0.1, -0.05) is 24.3 Å². The molecular weight excluding hydrogens is 262 g/mol. The lowest BCUT2D eigenvalue weighted by molar-refractivity contribution is 0.381. The smallest absolute Gasteiger partial charge is 0.196 e. The van der Waals surface area contributed by atoms with Crippen molar-refractivity contribution >= 4 is 17.5 Å². The van der Waals surface area contributed by atoms with E-state index in [9.17, 15) is 0 Å². The molecule has 0 saturated carbocycles. The van der Waals surface area contributed by atoms with Gasteiger partial charge in [-0.25, -0.2) is 9.98 Å². The number of nitrogens with two attached hydrogens (primary N) is 1. The highest BCUT2D eigenvalue weighted by molar-refractivity contribution is 5.81. The van der Waals surface area contributed by atoms with Gasteiger partial charge in [-0.05, 0) is 24.3 Å². The van der Waals surface area contributed by atoms with E-state index in [1.807, 2.05) is 54.7 Å². The third-order valence-corrected chi connectivity index (χ3v) is 3.58. The Morgan fingerprint density at radius 2 is 1.67 bits per heavy atom. The molecule has 21 heavy (non-hydrogen) atoms. The Labute approximate surface area is 124 Å². The fourth-order valence-electron chi connectivity index (χ4n) is 2.41. The van der Waals surface area contributed by atoms with Crippen LogP contribution in [0.4, 0.5) is 11.5 Å². The second kappa shape index (κ2) is 6.26. The van der Waals surface area contributed by atoms with Crippen LogP contribution >= 0.6 is 0 Å². The summed E-state index contributed by atoms with van der Waals surface area (Å²) in [5, 5.41) is 0. The molecule has 5 nitrogen and oxygen atoms in total. The van der Waals surface area contributed by atoms with Gasteiger partial charge >= 0.3 is 0 Å². The Bertz CT molecular complexity index is 589. The predicted octanol–water partition coefficient (Wildman–Crippen LogP) is 1.85. The molecule has 0 amide bonds. The molecule has 1 fully saturated rings. The number of anilines is 1. The number of hydrogen-bond acceptors (Lipinski definition) is 3. The topological polar surface area (TPSA) is 57.8 Å². The molecule has 0 bridgehead atoms. The lowest BCUT2D eigenvalue weighted by atomic mass is 10.3. The third kappa shape index (κ3) is 3.31. The Hall–Kier alpha value is -2.56. The Kier molecular flexibility index (Phi) is 4.00. The zero-order valence-electron chi connectivity index (χ0n) is 11.9. The van der Waals surface area contributed by atoms with Crippen molar-refractivity contribution in [3.8, 4) is 0 Å². The average Bonchev–Trinajstić information content (AvgIpc) is 2.57. The minimum Gasteiger partial charge on any atom is -0.369 e. The normalized spacial score (nSPS) is 16.1. The standard InChI is InChI=1S/C16H19N5/c17-16(19-14-6-2-1-3-7-14)21-12-10-20(11-13-21)15-8-4-5-9-18-15/h1-9H,10-13H2,(H2,17,19). The van der Waals surface area contributed by atoms with Gasteiger partial charge in [0.05, 0.1) is 5.69 Å². The first-order chi connectivity index (χ1) is 10.3. The van der Waals surface area contributed by atoms with E-state index in [2.05, 4.69) is 19.8 Å². The second-order valence-corrected chi connectivity index (χ2v) is 4.97. The molecule has 0 radical (unpaired) electrons. The van der Waals surface area contributed by atoms with Crippen LogP contribution in [-0.4, -0.2) is 42.0 Å². The first kappa shape index (κ1) is 13.4. The summed E-state index contributed by atoms with van der Waals surface area (Å²) in [5.41, 5.74) is 7.00. The molecule has 108 valence electrons. The zero-order chi connectivity index (χ0) is 14.5. The summed E-state index contributed by atoms with van der Waals surface area (Å²) in [5.74, 6) is 1.61. The van der Waals surface area contributed by atoms with Crippen LogP contribution in [0.25, 0.3) is 0 Å². The van der Waals surface area contributed by atoms with Crippen LogP contribution in [0.15, 0.2) is 59.7 Å². The Morgan fingerprint density at radius 1 is 0.952 bits per heavy atom. The number of rotatable bonds is 2. The fraction of sp³-hybridized carbons (Fsp3) is 0.250. The number of para-hydroxylation sites is 1. The van der Waals surface area contributed by atoms with Crippen molar-refractivity contribution in [2.24, 2.45) is 10.7 Å². The van der Waals surface area contributed by atoms with Crippen LogP contribution in [0.2, 0.25) is 0 Å². The van der Waals surface area contributed by atoms with E-state index >= 15 is 0 Å². The molecule has 0 atom stereocenters. The van der Waals surface area contributed by atoms with Gasteiger partial charge in [0.25, 0.3) is 0 Å². The monoisotopic (exact) mass is 281 g/mol. The highest BCUT2D eigenvalue weighted by Gasteiger charge is 2.19. The van der Waals surface area contributed by atoms with E-state index in [4.69, 9.17) is 5.73 Å². The van der Waals surface area contributed by atoms with E-state index in [-0.39, 0.29) is 0 Å². The number of aliphatic imine (C=N–C) groups is 1. The van der Waals surface area contributed by atoms with E-state index in [1.54, 1.807) is 0 Å². The van der Waals surface area contributed by atoms with Gasteiger partial charge in [-0.2, -0.15) is 0 Å². The SMILES string of the molecule is NC(=Nc1ccccc1)N1CCN(c2ccccn2)CC1. The van der Waals surface area contributed by atoms with Crippen LogP contribution in [0.3, 0.4) is 0 Å². The first-order valence-corrected chi connectivity index (χ1v) is 7.13. The maximum atomic E-state index is 6.11. The number of aromatic nitrogens is 1.